The highest BCUT2D eigenvalue weighted by Gasteiger charge is 2.27. The van der Waals surface area contributed by atoms with Gasteiger partial charge in [0.2, 0.25) is 5.91 Å². The number of hydrogen-bond donors (Lipinski definition) is 0. The van der Waals surface area contributed by atoms with Crippen LogP contribution in [0, 0.1) is 0 Å². The Kier molecular flexibility index (Phi) is 6.88. The molecule has 1 heterocycles. The zero-order valence-electron chi connectivity index (χ0n) is 17.8. The Morgan fingerprint density at radius 1 is 1.00 bits per heavy atom. The van der Waals surface area contributed by atoms with Crippen molar-refractivity contribution >= 4 is 40.2 Å². The Hall–Kier alpha value is -2.31. The molecule has 1 aromatic heterocycles. The third-order valence-electron chi connectivity index (χ3n) is 4.84. The van der Waals surface area contributed by atoms with Gasteiger partial charge in [0.15, 0.2) is 5.16 Å². The molecule has 5 nitrogen and oxygen atoms in total. The molecule has 1 unspecified atom stereocenters. The molecule has 30 heavy (non-hydrogen) atoms. The molecular weight excluding hydrogens is 418 g/mol. The maximum Gasteiger partial charge on any atom is 0.266 e. The summed E-state index contributed by atoms with van der Waals surface area (Å²) in [6.07, 6.45) is 0. The summed E-state index contributed by atoms with van der Waals surface area (Å²) in [5, 5.41) is 0.979. The van der Waals surface area contributed by atoms with Gasteiger partial charge in [0.1, 0.15) is 0 Å². The van der Waals surface area contributed by atoms with Gasteiger partial charge in [0.05, 0.1) is 26.9 Å². The fourth-order valence-electron chi connectivity index (χ4n) is 3.56. The molecule has 0 fully saturated rings. The lowest BCUT2D eigenvalue weighted by molar-refractivity contribution is -0.133. The molecule has 1 amide bonds. The van der Waals surface area contributed by atoms with E-state index in [2.05, 4.69) is 0 Å². The van der Waals surface area contributed by atoms with E-state index < -0.39 is 5.25 Å². The summed E-state index contributed by atoms with van der Waals surface area (Å²) >= 11 is 7.69. The third-order valence-corrected chi connectivity index (χ3v) is 6.19. The SMILES string of the molecule is CC(Sc1nc2ccccc2c(=O)n1-c1ccccc1Cl)C(=O)N(C(C)C)C(C)C. The van der Waals surface area contributed by atoms with E-state index in [-0.39, 0.29) is 23.6 Å². The fourth-order valence-corrected chi connectivity index (χ4v) is 4.76. The van der Waals surface area contributed by atoms with Gasteiger partial charge in [-0.25, -0.2) is 4.98 Å². The summed E-state index contributed by atoms with van der Waals surface area (Å²) in [4.78, 5) is 33.1. The number of carbonyl (C=O) groups excluding carboxylic acids is 1. The molecule has 1 atom stereocenters. The van der Waals surface area contributed by atoms with E-state index in [0.717, 1.165) is 0 Å². The monoisotopic (exact) mass is 443 g/mol. The summed E-state index contributed by atoms with van der Waals surface area (Å²) in [5.41, 5.74) is 0.937. The minimum Gasteiger partial charge on any atom is -0.337 e. The van der Waals surface area contributed by atoms with E-state index in [1.807, 2.05) is 63.8 Å². The van der Waals surface area contributed by atoms with Gasteiger partial charge < -0.3 is 4.90 Å². The van der Waals surface area contributed by atoms with Crippen molar-refractivity contribution in [1.82, 2.24) is 14.5 Å². The molecule has 2 aromatic carbocycles. The first-order valence-electron chi connectivity index (χ1n) is 9.98. The maximum absolute atomic E-state index is 13.4. The van der Waals surface area contributed by atoms with Crippen molar-refractivity contribution in [2.75, 3.05) is 0 Å². The first-order chi connectivity index (χ1) is 14.2. The zero-order chi connectivity index (χ0) is 22.0. The van der Waals surface area contributed by atoms with E-state index >= 15 is 0 Å². The summed E-state index contributed by atoms with van der Waals surface area (Å²) in [7, 11) is 0. The van der Waals surface area contributed by atoms with Crippen LogP contribution in [0.3, 0.4) is 0 Å². The van der Waals surface area contributed by atoms with Crippen LogP contribution >= 0.6 is 23.4 Å². The smallest absolute Gasteiger partial charge is 0.266 e. The minimum atomic E-state index is -0.420. The first-order valence-corrected chi connectivity index (χ1v) is 11.2. The fraction of sp³-hybridized carbons (Fsp3) is 0.348. The maximum atomic E-state index is 13.4. The Balaban J connectivity index is 2.13. The normalized spacial score (nSPS) is 12.5. The van der Waals surface area contributed by atoms with Crippen LogP contribution in [-0.2, 0) is 4.79 Å². The number of aromatic nitrogens is 2. The Morgan fingerprint density at radius 2 is 1.60 bits per heavy atom. The van der Waals surface area contributed by atoms with Crippen molar-refractivity contribution in [2.24, 2.45) is 0 Å². The van der Waals surface area contributed by atoms with Crippen LogP contribution in [0.25, 0.3) is 16.6 Å². The average Bonchev–Trinajstić information content (AvgIpc) is 2.68. The molecule has 0 aliphatic carbocycles. The second kappa shape index (κ2) is 9.23. The van der Waals surface area contributed by atoms with Crippen LogP contribution in [0.4, 0.5) is 0 Å². The largest absolute Gasteiger partial charge is 0.337 e. The highest BCUT2D eigenvalue weighted by Crippen LogP contribution is 2.29. The van der Waals surface area contributed by atoms with Gasteiger partial charge in [-0.15, -0.1) is 0 Å². The van der Waals surface area contributed by atoms with Gasteiger partial charge in [-0.1, -0.05) is 47.6 Å². The number of nitrogens with zero attached hydrogens (tertiary/aromatic N) is 3. The number of amides is 1. The number of thioether (sulfide) groups is 1. The molecule has 0 aliphatic heterocycles. The number of halogens is 1. The molecule has 0 radical (unpaired) electrons. The van der Waals surface area contributed by atoms with Crippen molar-refractivity contribution in [2.45, 2.75) is 57.1 Å². The Morgan fingerprint density at radius 3 is 2.23 bits per heavy atom. The average molecular weight is 444 g/mol. The first kappa shape index (κ1) is 22.4. The molecule has 0 aliphatic rings. The summed E-state index contributed by atoms with van der Waals surface area (Å²) in [5.74, 6) is 0.0121. The highest BCUT2D eigenvalue weighted by atomic mass is 35.5. The quantitative estimate of drug-likeness (QED) is 0.389. The lowest BCUT2D eigenvalue weighted by Crippen LogP contribution is -2.45. The number of para-hydroxylation sites is 2. The molecule has 0 N–H and O–H groups in total. The highest BCUT2D eigenvalue weighted by molar-refractivity contribution is 8.00. The molecule has 3 aromatic rings. The third kappa shape index (κ3) is 4.40. The number of benzene rings is 2. The van der Waals surface area contributed by atoms with Crippen LogP contribution in [-0.4, -0.2) is 37.7 Å². The number of hydrogen-bond acceptors (Lipinski definition) is 4. The molecule has 0 saturated carbocycles. The van der Waals surface area contributed by atoms with Crippen molar-refractivity contribution in [3.8, 4) is 5.69 Å². The number of fused-ring (bicyclic) bond motifs is 1. The van der Waals surface area contributed by atoms with Crippen LogP contribution in [0.2, 0.25) is 5.02 Å². The lowest BCUT2D eigenvalue weighted by atomic mass is 10.2. The van der Waals surface area contributed by atoms with Crippen LogP contribution < -0.4 is 5.56 Å². The molecule has 158 valence electrons. The topological polar surface area (TPSA) is 55.2 Å². The van der Waals surface area contributed by atoms with Crippen molar-refractivity contribution in [3.05, 3.63) is 63.9 Å². The minimum absolute atomic E-state index is 0.0121. The predicted molar refractivity (Wildman–Crippen MR) is 125 cm³/mol. The Bertz CT molecular complexity index is 1120. The summed E-state index contributed by atoms with van der Waals surface area (Å²) in [6.45, 7) is 9.86. The molecule has 0 saturated heterocycles. The van der Waals surface area contributed by atoms with Crippen molar-refractivity contribution < 1.29 is 4.79 Å². The molecule has 0 spiro atoms. The number of carbonyl (C=O) groups is 1. The van der Waals surface area contributed by atoms with E-state index in [1.54, 1.807) is 24.3 Å². The van der Waals surface area contributed by atoms with Gasteiger partial charge >= 0.3 is 0 Å². The number of rotatable bonds is 6. The van der Waals surface area contributed by atoms with Gasteiger partial charge in [-0.3, -0.25) is 14.2 Å². The second-order valence-corrected chi connectivity index (χ2v) is 9.41. The zero-order valence-corrected chi connectivity index (χ0v) is 19.4. The van der Waals surface area contributed by atoms with Crippen molar-refractivity contribution in [1.29, 1.82) is 0 Å². The predicted octanol–water partition coefficient (Wildman–Crippen LogP) is 5.17. The lowest BCUT2D eigenvalue weighted by Gasteiger charge is -2.33. The van der Waals surface area contributed by atoms with E-state index in [9.17, 15) is 9.59 Å². The van der Waals surface area contributed by atoms with E-state index in [1.165, 1.54) is 16.3 Å². The standard InChI is InChI=1S/C23H26ClN3O2S/c1-14(2)26(15(3)4)21(28)16(5)30-23-25-19-12-8-6-10-17(19)22(29)27(23)20-13-9-7-11-18(20)24/h6-16H,1-5H3. The molecular formula is C23H26ClN3O2S. The van der Waals surface area contributed by atoms with Gasteiger partial charge in [0.25, 0.3) is 5.56 Å². The Labute approximate surface area is 186 Å². The second-order valence-electron chi connectivity index (χ2n) is 7.70. The summed E-state index contributed by atoms with van der Waals surface area (Å²) in [6, 6.07) is 14.5. The van der Waals surface area contributed by atoms with Crippen LogP contribution in [0.1, 0.15) is 34.6 Å². The van der Waals surface area contributed by atoms with E-state index in [0.29, 0.717) is 26.8 Å². The van der Waals surface area contributed by atoms with Crippen LogP contribution in [0.15, 0.2) is 58.5 Å². The molecule has 7 heteroatoms. The van der Waals surface area contributed by atoms with Gasteiger partial charge in [-0.05, 0) is 58.9 Å². The van der Waals surface area contributed by atoms with Gasteiger partial charge in [-0.2, -0.15) is 0 Å². The molecule has 3 rings (SSSR count). The van der Waals surface area contributed by atoms with E-state index in [4.69, 9.17) is 16.6 Å². The summed E-state index contributed by atoms with van der Waals surface area (Å²) < 4.78 is 1.51. The molecule has 0 bridgehead atoms. The van der Waals surface area contributed by atoms with Crippen LogP contribution in [0.5, 0.6) is 0 Å². The van der Waals surface area contributed by atoms with Crippen molar-refractivity contribution in [3.63, 3.8) is 0 Å². The van der Waals surface area contributed by atoms with Gasteiger partial charge in [0, 0.05) is 12.1 Å².